The Bertz CT molecular complexity index is 370. The molecule has 2 rings (SSSR count). The van der Waals surface area contributed by atoms with Gasteiger partial charge in [0.1, 0.15) is 0 Å². The Balaban J connectivity index is 1.90. The summed E-state index contributed by atoms with van der Waals surface area (Å²) in [5.74, 6) is -0.839. The van der Waals surface area contributed by atoms with Gasteiger partial charge in [-0.2, -0.15) is 0 Å². The van der Waals surface area contributed by atoms with Crippen molar-refractivity contribution >= 4 is 18.2 Å². The number of aliphatic hydroxyl groups excluding tert-OH is 1. The first kappa shape index (κ1) is 13.8. The van der Waals surface area contributed by atoms with Gasteiger partial charge in [-0.3, -0.25) is 14.4 Å². The Morgan fingerprint density at radius 3 is 2.74 bits per heavy atom. The predicted molar refractivity (Wildman–Crippen MR) is 65.9 cm³/mol. The molecule has 0 aromatic heterocycles. The van der Waals surface area contributed by atoms with Crippen molar-refractivity contribution in [3.63, 3.8) is 0 Å². The number of hydrogen-bond donors (Lipinski definition) is 4. The van der Waals surface area contributed by atoms with Crippen molar-refractivity contribution in [2.24, 2.45) is 5.92 Å². The molecule has 1 aliphatic carbocycles. The van der Waals surface area contributed by atoms with Crippen LogP contribution in [0, 0.1) is 5.92 Å². The van der Waals surface area contributed by atoms with Gasteiger partial charge >= 0.3 is 0 Å². The number of rotatable bonds is 7. The number of hydrogen-bond acceptors (Lipinski definition) is 4. The maximum Gasteiger partial charge on any atom is 0.251 e. The van der Waals surface area contributed by atoms with Gasteiger partial charge in [0.2, 0.25) is 12.3 Å². The Kier molecular flexibility index (Phi) is 4.36. The third kappa shape index (κ3) is 3.66. The van der Waals surface area contributed by atoms with Gasteiger partial charge in [-0.05, 0) is 25.7 Å². The number of carbonyl (C=O) groups is 3. The van der Waals surface area contributed by atoms with Gasteiger partial charge in [-0.25, -0.2) is 0 Å². The van der Waals surface area contributed by atoms with Crippen molar-refractivity contribution in [2.75, 3.05) is 6.54 Å². The number of nitrogens with one attached hydrogen (secondary N) is 3. The van der Waals surface area contributed by atoms with Gasteiger partial charge in [-0.15, -0.1) is 0 Å². The monoisotopic (exact) mass is 269 g/mol. The van der Waals surface area contributed by atoms with Crippen LogP contribution in [-0.2, 0) is 14.4 Å². The van der Waals surface area contributed by atoms with E-state index in [2.05, 4.69) is 16.0 Å². The van der Waals surface area contributed by atoms with Gasteiger partial charge in [0.25, 0.3) is 5.91 Å². The summed E-state index contributed by atoms with van der Waals surface area (Å²) < 4.78 is 0. The van der Waals surface area contributed by atoms with Crippen LogP contribution in [-0.4, -0.2) is 48.1 Å². The van der Waals surface area contributed by atoms with Gasteiger partial charge in [-0.1, -0.05) is 0 Å². The molecule has 1 heterocycles. The molecule has 1 saturated carbocycles. The van der Waals surface area contributed by atoms with Crippen molar-refractivity contribution < 1.29 is 19.5 Å². The topological polar surface area (TPSA) is 108 Å². The Hall–Kier alpha value is -1.63. The summed E-state index contributed by atoms with van der Waals surface area (Å²) >= 11 is 0. The molecule has 1 unspecified atom stereocenters. The van der Waals surface area contributed by atoms with Gasteiger partial charge in [0.15, 0.2) is 6.10 Å². The second-order valence-electron chi connectivity index (χ2n) is 5.13. The molecular weight excluding hydrogens is 250 g/mol. The fourth-order valence-corrected chi connectivity index (χ4v) is 2.25. The van der Waals surface area contributed by atoms with Crippen LogP contribution < -0.4 is 16.0 Å². The molecule has 1 aliphatic heterocycles. The van der Waals surface area contributed by atoms with Gasteiger partial charge in [0, 0.05) is 18.5 Å². The lowest BCUT2D eigenvalue weighted by molar-refractivity contribution is -0.132. The minimum Gasteiger partial charge on any atom is -0.381 e. The maximum atomic E-state index is 11.7. The van der Waals surface area contributed by atoms with Crippen molar-refractivity contribution in [1.82, 2.24) is 16.0 Å². The highest BCUT2D eigenvalue weighted by Gasteiger charge is 2.34. The molecular formula is C12H19N3O4. The fourth-order valence-electron chi connectivity index (χ4n) is 2.25. The molecule has 3 amide bonds. The number of aliphatic hydroxyl groups is 1. The van der Waals surface area contributed by atoms with Crippen molar-refractivity contribution in [1.29, 1.82) is 0 Å². The van der Waals surface area contributed by atoms with Crippen LogP contribution in [0.4, 0.5) is 0 Å². The summed E-state index contributed by atoms with van der Waals surface area (Å²) in [6.07, 6.45) is 1.91. The molecule has 0 radical (unpaired) electrons. The molecule has 2 fully saturated rings. The first-order valence-electron chi connectivity index (χ1n) is 6.57. The largest absolute Gasteiger partial charge is 0.381 e. The third-order valence-electron chi connectivity index (χ3n) is 3.56. The predicted octanol–water partition coefficient (Wildman–Crippen LogP) is -1.73. The van der Waals surface area contributed by atoms with E-state index < -0.39 is 18.1 Å². The molecule has 2 aliphatic rings. The summed E-state index contributed by atoms with van der Waals surface area (Å²) in [6.45, 7) is 0.599. The molecule has 106 valence electrons. The van der Waals surface area contributed by atoms with E-state index >= 15 is 0 Å². The highest BCUT2D eigenvalue weighted by atomic mass is 16.3. The highest BCUT2D eigenvalue weighted by Crippen LogP contribution is 2.20. The summed E-state index contributed by atoms with van der Waals surface area (Å²) in [4.78, 5) is 33.8. The zero-order valence-electron chi connectivity index (χ0n) is 10.6. The standard InChI is InChI=1S/C12H19N3O4/c16-6-14-9(5-7-3-4-13-11(7)18)10(17)12(19)15-8-1-2-8/h6-10,17H,1-5H2,(H,13,18)(H,14,16)(H,15,19)/t7-,9-,10?/m0/s1. The van der Waals surface area contributed by atoms with Crippen LogP contribution in [0.5, 0.6) is 0 Å². The van der Waals surface area contributed by atoms with Crippen LogP contribution in [0.15, 0.2) is 0 Å². The molecule has 3 atom stereocenters. The molecule has 0 aromatic rings. The third-order valence-corrected chi connectivity index (χ3v) is 3.56. The first-order chi connectivity index (χ1) is 9.11. The average molecular weight is 269 g/mol. The Labute approximate surface area is 111 Å². The molecule has 19 heavy (non-hydrogen) atoms. The van der Waals surface area contributed by atoms with E-state index in [0.29, 0.717) is 19.4 Å². The molecule has 0 bridgehead atoms. The molecule has 4 N–H and O–H groups in total. The van der Waals surface area contributed by atoms with Gasteiger partial charge in [0.05, 0.1) is 6.04 Å². The van der Waals surface area contributed by atoms with Crippen LogP contribution in [0.3, 0.4) is 0 Å². The van der Waals surface area contributed by atoms with Crippen LogP contribution >= 0.6 is 0 Å². The second-order valence-corrected chi connectivity index (χ2v) is 5.13. The summed E-state index contributed by atoms with van der Waals surface area (Å²) in [5.41, 5.74) is 0. The van der Waals surface area contributed by atoms with Crippen molar-refractivity contribution in [3.8, 4) is 0 Å². The molecule has 0 aromatic carbocycles. The highest BCUT2D eigenvalue weighted by molar-refractivity contribution is 5.83. The zero-order chi connectivity index (χ0) is 13.8. The van der Waals surface area contributed by atoms with Crippen molar-refractivity contribution in [3.05, 3.63) is 0 Å². The van der Waals surface area contributed by atoms with E-state index in [0.717, 1.165) is 12.8 Å². The summed E-state index contributed by atoms with van der Waals surface area (Å²) in [6, 6.07) is -0.584. The van der Waals surface area contributed by atoms with Crippen LogP contribution in [0.25, 0.3) is 0 Å². The normalized spacial score (nSPS) is 25.3. The van der Waals surface area contributed by atoms with Crippen LogP contribution in [0.2, 0.25) is 0 Å². The molecule has 1 saturated heterocycles. The SMILES string of the molecule is O=CN[C@@H](C[C@@H]1CCNC1=O)C(O)C(=O)NC1CC1. The number of amides is 3. The first-order valence-corrected chi connectivity index (χ1v) is 6.57. The molecule has 7 nitrogen and oxygen atoms in total. The average Bonchev–Trinajstić information content (AvgIpc) is 3.11. The molecule has 7 heteroatoms. The lowest BCUT2D eigenvalue weighted by atomic mass is 9.94. The molecule has 0 spiro atoms. The lowest BCUT2D eigenvalue weighted by Crippen LogP contribution is -2.50. The zero-order valence-corrected chi connectivity index (χ0v) is 10.6. The maximum absolute atomic E-state index is 11.7. The van der Waals surface area contributed by atoms with E-state index in [-0.39, 0.29) is 24.3 Å². The van der Waals surface area contributed by atoms with E-state index in [4.69, 9.17) is 0 Å². The van der Waals surface area contributed by atoms with Crippen molar-refractivity contribution in [2.45, 2.75) is 43.9 Å². The van der Waals surface area contributed by atoms with E-state index in [9.17, 15) is 19.5 Å². The summed E-state index contributed by atoms with van der Waals surface area (Å²) in [7, 11) is 0. The van der Waals surface area contributed by atoms with E-state index in [1.807, 2.05) is 0 Å². The Morgan fingerprint density at radius 1 is 1.47 bits per heavy atom. The minimum absolute atomic E-state index is 0.0903. The number of carbonyl (C=O) groups excluding carboxylic acids is 3. The van der Waals surface area contributed by atoms with Gasteiger partial charge < -0.3 is 21.1 Å². The van der Waals surface area contributed by atoms with Crippen LogP contribution in [0.1, 0.15) is 25.7 Å². The Morgan fingerprint density at radius 2 is 2.21 bits per heavy atom. The van der Waals surface area contributed by atoms with E-state index in [1.54, 1.807) is 0 Å². The van der Waals surface area contributed by atoms with E-state index in [1.165, 1.54) is 0 Å². The second kappa shape index (κ2) is 6.01. The lowest BCUT2D eigenvalue weighted by Gasteiger charge is -2.23. The minimum atomic E-state index is -1.32. The smallest absolute Gasteiger partial charge is 0.251 e. The fraction of sp³-hybridized carbons (Fsp3) is 0.750. The summed E-state index contributed by atoms with van der Waals surface area (Å²) in [5, 5.41) is 17.8. The quantitative estimate of drug-likeness (QED) is 0.412.